The van der Waals surface area contributed by atoms with Crippen LogP contribution in [-0.2, 0) is 0 Å². The molecule has 2 rings (SSSR count). The Balaban J connectivity index is 2.13. The van der Waals surface area contributed by atoms with Crippen LogP contribution in [-0.4, -0.2) is 12.3 Å². The van der Waals surface area contributed by atoms with Crippen LogP contribution in [0, 0.1) is 0 Å². The van der Waals surface area contributed by atoms with Crippen molar-refractivity contribution in [1.82, 2.24) is 0 Å². The number of rotatable bonds is 4. The Hall–Kier alpha value is -2.17. The van der Waals surface area contributed by atoms with Gasteiger partial charge in [0, 0.05) is 11.4 Å². The lowest BCUT2D eigenvalue weighted by Crippen LogP contribution is -2.42. The van der Waals surface area contributed by atoms with Crippen molar-refractivity contribution < 1.29 is 13.2 Å². The van der Waals surface area contributed by atoms with Crippen molar-refractivity contribution in [2.75, 3.05) is 10.6 Å². The molecular weight excluding hydrogens is 253 g/mol. The third-order valence-electron chi connectivity index (χ3n) is 2.50. The van der Waals surface area contributed by atoms with Gasteiger partial charge in [-0.2, -0.15) is 13.2 Å². The van der Waals surface area contributed by atoms with Crippen molar-refractivity contribution in [3.05, 3.63) is 60.7 Å². The summed E-state index contributed by atoms with van der Waals surface area (Å²) in [5.41, 5.74) is 0.821. The van der Waals surface area contributed by atoms with E-state index in [0.29, 0.717) is 11.4 Å². The average molecular weight is 266 g/mol. The van der Waals surface area contributed by atoms with E-state index in [0.717, 1.165) is 0 Å². The third-order valence-corrected chi connectivity index (χ3v) is 2.50. The highest BCUT2D eigenvalue weighted by atomic mass is 19.4. The van der Waals surface area contributed by atoms with E-state index >= 15 is 0 Å². The van der Waals surface area contributed by atoms with Crippen LogP contribution in [0.1, 0.15) is 0 Å². The highest BCUT2D eigenvalue weighted by Crippen LogP contribution is 2.25. The van der Waals surface area contributed by atoms with Gasteiger partial charge in [-0.25, -0.2) is 0 Å². The highest BCUT2D eigenvalue weighted by molar-refractivity contribution is 5.49. The molecule has 5 heteroatoms. The first-order valence-corrected chi connectivity index (χ1v) is 5.75. The van der Waals surface area contributed by atoms with Crippen molar-refractivity contribution in [1.29, 1.82) is 0 Å². The van der Waals surface area contributed by atoms with Crippen LogP contribution >= 0.6 is 0 Å². The molecule has 0 aromatic heterocycles. The molecule has 0 aliphatic heterocycles. The summed E-state index contributed by atoms with van der Waals surface area (Å²) in [5, 5.41) is 4.86. The second-order valence-corrected chi connectivity index (χ2v) is 4.00. The van der Waals surface area contributed by atoms with E-state index in [1.165, 1.54) is 0 Å². The lowest BCUT2D eigenvalue weighted by Gasteiger charge is -2.24. The zero-order valence-electron chi connectivity index (χ0n) is 9.98. The van der Waals surface area contributed by atoms with Gasteiger partial charge in [0.1, 0.15) is 0 Å². The molecule has 2 aromatic carbocycles. The molecule has 0 saturated carbocycles. The molecule has 2 nitrogen and oxygen atoms in total. The van der Waals surface area contributed by atoms with E-state index in [2.05, 4.69) is 10.6 Å². The second kappa shape index (κ2) is 5.65. The monoisotopic (exact) mass is 266 g/mol. The van der Waals surface area contributed by atoms with Gasteiger partial charge in [-0.3, -0.25) is 0 Å². The van der Waals surface area contributed by atoms with Gasteiger partial charge >= 0.3 is 6.18 Å². The molecule has 2 aromatic rings. The van der Waals surface area contributed by atoms with Gasteiger partial charge in [-0.15, -0.1) is 0 Å². The molecule has 2 N–H and O–H groups in total. The summed E-state index contributed by atoms with van der Waals surface area (Å²) >= 11 is 0. The molecule has 0 saturated heterocycles. The van der Waals surface area contributed by atoms with Crippen molar-refractivity contribution in [3.63, 3.8) is 0 Å². The van der Waals surface area contributed by atoms with E-state index in [1.807, 2.05) is 0 Å². The van der Waals surface area contributed by atoms with Gasteiger partial charge in [0.2, 0.25) is 0 Å². The third kappa shape index (κ3) is 3.91. The molecule has 0 unspecified atom stereocenters. The SMILES string of the molecule is FC(F)(F)C(Nc1ccccc1)Nc1ccccc1. The normalized spacial score (nSPS) is 11.4. The summed E-state index contributed by atoms with van der Waals surface area (Å²) in [4.78, 5) is 0. The minimum atomic E-state index is -4.40. The zero-order chi connectivity index (χ0) is 13.7. The quantitative estimate of drug-likeness (QED) is 0.814. The van der Waals surface area contributed by atoms with Gasteiger partial charge in [-0.1, -0.05) is 36.4 Å². The molecular formula is C14H13F3N2. The number of nitrogens with one attached hydrogen (secondary N) is 2. The van der Waals surface area contributed by atoms with Crippen molar-refractivity contribution in [2.45, 2.75) is 12.3 Å². The Morgan fingerprint density at radius 3 is 1.37 bits per heavy atom. The van der Waals surface area contributed by atoms with E-state index in [-0.39, 0.29) is 0 Å². The Labute approximate surface area is 109 Å². The molecule has 19 heavy (non-hydrogen) atoms. The fourth-order valence-electron chi connectivity index (χ4n) is 1.60. The summed E-state index contributed by atoms with van der Waals surface area (Å²) in [6, 6.07) is 16.6. The van der Waals surface area contributed by atoms with E-state index in [1.54, 1.807) is 60.7 Å². The molecule has 0 amide bonds. The molecule has 0 bridgehead atoms. The van der Waals surface area contributed by atoms with Crippen molar-refractivity contribution in [3.8, 4) is 0 Å². The van der Waals surface area contributed by atoms with Gasteiger partial charge in [0.15, 0.2) is 6.17 Å². The zero-order valence-corrected chi connectivity index (χ0v) is 9.98. The minimum Gasteiger partial charge on any atom is -0.358 e. The number of benzene rings is 2. The number of hydrogen-bond acceptors (Lipinski definition) is 2. The minimum absolute atomic E-state index is 0.410. The standard InChI is InChI=1S/C14H13F3N2/c15-14(16,17)13(18-11-7-3-1-4-8-11)19-12-9-5-2-6-10-12/h1-10,13,18-19H. The largest absolute Gasteiger partial charge is 0.427 e. The van der Waals surface area contributed by atoms with Crippen LogP contribution in [0.4, 0.5) is 24.5 Å². The van der Waals surface area contributed by atoms with E-state index < -0.39 is 12.3 Å². The maximum atomic E-state index is 13.0. The predicted molar refractivity (Wildman–Crippen MR) is 70.0 cm³/mol. The number of alkyl halides is 3. The highest BCUT2D eigenvalue weighted by Gasteiger charge is 2.39. The fourth-order valence-corrected chi connectivity index (χ4v) is 1.60. The Bertz CT molecular complexity index is 456. The van der Waals surface area contributed by atoms with Crippen LogP contribution in [0.3, 0.4) is 0 Å². The van der Waals surface area contributed by atoms with Crippen LogP contribution in [0.25, 0.3) is 0 Å². The predicted octanol–water partition coefficient (Wildman–Crippen LogP) is 4.10. The summed E-state index contributed by atoms with van der Waals surface area (Å²) < 4.78 is 38.9. The second-order valence-electron chi connectivity index (χ2n) is 4.00. The van der Waals surface area contributed by atoms with Gasteiger partial charge in [-0.05, 0) is 24.3 Å². The van der Waals surface area contributed by atoms with E-state index in [4.69, 9.17) is 0 Å². The van der Waals surface area contributed by atoms with Crippen LogP contribution in [0.15, 0.2) is 60.7 Å². The molecule has 0 atom stereocenters. The van der Waals surface area contributed by atoms with Gasteiger partial charge < -0.3 is 10.6 Å². The van der Waals surface area contributed by atoms with Crippen molar-refractivity contribution >= 4 is 11.4 Å². The van der Waals surface area contributed by atoms with E-state index in [9.17, 15) is 13.2 Å². The summed E-state index contributed by atoms with van der Waals surface area (Å²) in [5.74, 6) is 0. The number of anilines is 2. The smallest absolute Gasteiger partial charge is 0.358 e. The molecule has 0 radical (unpaired) electrons. The fraction of sp³-hybridized carbons (Fsp3) is 0.143. The molecule has 0 heterocycles. The first-order valence-electron chi connectivity index (χ1n) is 5.75. The first-order chi connectivity index (χ1) is 9.05. The average Bonchev–Trinajstić information content (AvgIpc) is 2.39. The van der Waals surface area contributed by atoms with Crippen LogP contribution < -0.4 is 10.6 Å². The van der Waals surface area contributed by atoms with Crippen molar-refractivity contribution in [2.24, 2.45) is 0 Å². The summed E-state index contributed by atoms with van der Waals surface area (Å²) in [6.45, 7) is 0. The van der Waals surface area contributed by atoms with Crippen LogP contribution in [0.5, 0.6) is 0 Å². The first kappa shape index (κ1) is 13.3. The molecule has 0 fully saturated rings. The molecule has 0 aliphatic carbocycles. The lowest BCUT2D eigenvalue weighted by molar-refractivity contribution is -0.136. The Morgan fingerprint density at radius 1 is 0.684 bits per heavy atom. The summed E-state index contributed by atoms with van der Waals surface area (Å²) in [6.07, 6.45) is -6.23. The number of hydrogen-bond donors (Lipinski definition) is 2. The number of halogens is 3. The Morgan fingerprint density at radius 2 is 1.05 bits per heavy atom. The Kier molecular flexibility index (Phi) is 3.94. The maximum absolute atomic E-state index is 13.0. The van der Waals surface area contributed by atoms with Gasteiger partial charge in [0.05, 0.1) is 0 Å². The molecule has 0 aliphatic rings. The molecule has 0 spiro atoms. The summed E-state index contributed by atoms with van der Waals surface area (Å²) in [7, 11) is 0. The van der Waals surface area contributed by atoms with Gasteiger partial charge in [0.25, 0.3) is 0 Å². The number of para-hydroxylation sites is 2. The lowest BCUT2D eigenvalue weighted by atomic mass is 10.3. The van der Waals surface area contributed by atoms with Crippen LogP contribution in [0.2, 0.25) is 0 Å². The molecule has 100 valence electrons. The topological polar surface area (TPSA) is 24.1 Å². The maximum Gasteiger partial charge on any atom is 0.427 e.